The van der Waals surface area contributed by atoms with Crippen LogP contribution in [0, 0.1) is 5.82 Å². The third kappa shape index (κ3) is 2.88. The first-order valence-corrected chi connectivity index (χ1v) is 7.67. The lowest BCUT2D eigenvalue weighted by molar-refractivity contribution is 0.0696. The zero-order chi connectivity index (χ0) is 14.8. The van der Waals surface area contributed by atoms with Crippen molar-refractivity contribution in [3.05, 3.63) is 29.6 Å². The van der Waals surface area contributed by atoms with Gasteiger partial charge in [0.1, 0.15) is 5.82 Å². The van der Waals surface area contributed by atoms with Crippen LogP contribution in [0.1, 0.15) is 36.0 Å². The molecule has 0 amide bonds. The molecule has 1 aliphatic heterocycles. The number of nitrogens with zero attached hydrogens (tertiary/aromatic N) is 2. The number of aromatic carboxylic acids is 1. The fraction of sp³-hybridized carbons (Fsp3) is 0.562. The van der Waals surface area contributed by atoms with Crippen LogP contribution in [0.4, 0.5) is 10.1 Å². The highest BCUT2D eigenvalue weighted by molar-refractivity contribution is 5.94. The molecule has 0 atom stereocenters. The van der Waals surface area contributed by atoms with Crippen LogP contribution in [0.5, 0.6) is 0 Å². The van der Waals surface area contributed by atoms with Crippen LogP contribution in [-0.4, -0.2) is 48.2 Å². The van der Waals surface area contributed by atoms with Crippen LogP contribution in [0.2, 0.25) is 0 Å². The molecule has 1 saturated carbocycles. The fourth-order valence-electron chi connectivity index (χ4n) is 3.59. The Labute approximate surface area is 124 Å². The van der Waals surface area contributed by atoms with E-state index in [0.29, 0.717) is 19.1 Å². The summed E-state index contributed by atoms with van der Waals surface area (Å²) >= 11 is 0. The van der Waals surface area contributed by atoms with Gasteiger partial charge >= 0.3 is 5.97 Å². The summed E-state index contributed by atoms with van der Waals surface area (Å²) in [5.41, 5.74) is 0.306. The predicted octanol–water partition coefficient (Wildman–Crippen LogP) is 2.59. The lowest BCUT2D eigenvalue weighted by Gasteiger charge is -2.39. The van der Waals surface area contributed by atoms with Gasteiger partial charge in [-0.15, -0.1) is 0 Å². The molecular weight excluding hydrogens is 271 g/mol. The molecule has 5 heteroatoms. The Morgan fingerprint density at radius 3 is 2.43 bits per heavy atom. The summed E-state index contributed by atoms with van der Waals surface area (Å²) in [6.45, 7) is 3.16. The Bertz CT molecular complexity index is 521. The molecule has 4 nitrogen and oxygen atoms in total. The summed E-state index contributed by atoms with van der Waals surface area (Å²) in [4.78, 5) is 15.6. The first kappa shape index (κ1) is 14.3. The van der Waals surface area contributed by atoms with Gasteiger partial charge in [0.25, 0.3) is 0 Å². The SMILES string of the molecule is O=C(O)c1cccc(F)c1N1CCN(C2CCCC2)CC1. The second-order valence-corrected chi connectivity index (χ2v) is 5.90. The van der Waals surface area contributed by atoms with Crippen molar-refractivity contribution >= 4 is 11.7 Å². The van der Waals surface area contributed by atoms with Crippen molar-refractivity contribution in [1.29, 1.82) is 0 Å². The van der Waals surface area contributed by atoms with E-state index in [1.165, 1.54) is 43.9 Å². The summed E-state index contributed by atoms with van der Waals surface area (Å²) < 4.78 is 14.1. The summed E-state index contributed by atoms with van der Waals surface area (Å²) in [6.07, 6.45) is 5.14. The summed E-state index contributed by atoms with van der Waals surface area (Å²) in [7, 11) is 0. The molecule has 1 aliphatic carbocycles. The lowest BCUT2D eigenvalue weighted by Crippen LogP contribution is -2.50. The third-order valence-electron chi connectivity index (χ3n) is 4.69. The number of para-hydroxylation sites is 1. The molecule has 0 bridgehead atoms. The van der Waals surface area contributed by atoms with E-state index < -0.39 is 11.8 Å². The molecule has 3 rings (SSSR count). The fourth-order valence-corrected chi connectivity index (χ4v) is 3.59. The zero-order valence-electron chi connectivity index (χ0n) is 12.1. The quantitative estimate of drug-likeness (QED) is 0.930. The molecular formula is C16H21FN2O2. The highest BCUT2D eigenvalue weighted by Crippen LogP contribution is 2.28. The molecule has 0 radical (unpaired) electrons. The van der Waals surface area contributed by atoms with E-state index in [1.807, 2.05) is 4.90 Å². The van der Waals surface area contributed by atoms with Gasteiger partial charge in [-0.1, -0.05) is 18.9 Å². The topological polar surface area (TPSA) is 43.8 Å². The molecule has 2 aliphatic rings. The number of carbonyl (C=O) groups is 1. The van der Waals surface area contributed by atoms with Crippen LogP contribution in [0.3, 0.4) is 0 Å². The number of carboxylic acids is 1. The predicted molar refractivity (Wildman–Crippen MR) is 79.4 cm³/mol. The van der Waals surface area contributed by atoms with E-state index in [1.54, 1.807) is 0 Å². The largest absolute Gasteiger partial charge is 0.478 e. The summed E-state index contributed by atoms with van der Waals surface area (Å²) in [5.74, 6) is -1.51. The number of benzene rings is 1. The first-order chi connectivity index (χ1) is 10.2. The molecule has 0 aromatic heterocycles. The minimum Gasteiger partial charge on any atom is -0.478 e. The van der Waals surface area contributed by atoms with Gasteiger partial charge in [0.15, 0.2) is 0 Å². The van der Waals surface area contributed by atoms with Crippen molar-refractivity contribution in [2.24, 2.45) is 0 Å². The summed E-state index contributed by atoms with van der Waals surface area (Å²) in [6, 6.07) is 4.94. The van der Waals surface area contributed by atoms with E-state index in [0.717, 1.165) is 13.1 Å². The molecule has 0 spiro atoms. The van der Waals surface area contributed by atoms with E-state index in [9.17, 15) is 14.3 Å². The molecule has 1 N–H and O–H groups in total. The first-order valence-electron chi connectivity index (χ1n) is 7.67. The minimum atomic E-state index is -1.07. The molecule has 21 heavy (non-hydrogen) atoms. The third-order valence-corrected chi connectivity index (χ3v) is 4.69. The minimum absolute atomic E-state index is 0.0596. The molecule has 1 aromatic rings. The lowest BCUT2D eigenvalue weighted by atomic mass is 10.1. The van der Waals surface area contributed by atoms with Crippen molar-refractivity contribution < 1.29 is 14.3 Å². The number of anilines is 1. The van der Waals surface area contributed by atoms with Crippen molar-refractivity contribution in [2.45, 2.75) is 31.7 Å². The Hall–Kier alpha value is -1.62. The number of piperazine rings is 1. The van der Waals surface area contributed by atoms with Gasteiger partial charge < -0.3 is 10.0 Å². The second kappa shape index (κ2) is 6.02. The number of halogens is 1. The highest BCUT2D eigenvalue weighted by atomic mass is 19.1. The molecule has 0 unspecified atom stereocenters. The van der Waals surface area contributed by atoms with Gasteiger partial charge in [-0.25, -0.2) is 9.18 Å². The van der Waals surface area contributed by atoms with Crippen molar-refractivity contribution in [3.63, 3.8) is 0 Å². The summed E-state index contributed by atoms with van der Waals surface area (Å²) in [5, 5.41) is 9.24. The van der Waals surface area contributed by atoms with Crippen molar-refractivity contribution in [3.8, 4) is 0 Å². The Morgan fingerprint density at radius 1 is 1.14 bits per heavy atom. The van der Waals surface area contributed by atoms with E-state index in [2.05, 4.69) is 4.90 Å². The van der Waals surface area contributed by atoms with E-state index in [-0.39, 0.29) is 11.3 Å². The van der Waals surface area contributed by atoms with Gasteiger partial charge in [-0.05, 0) is 25.0 Å². The maximum absolute atomic E-state index is 14.1. The van der Waals surface area contributed by atoms with Gasteiger partial charge in [0.2, 0.25) is 0 Å². The molecule has 1 aromatic carbocycles. The van der Waals surface area contributed by atoms with Crippen LogP contribution in [0.25, 0.3) is 0 Å². The van der Waals surface area contributed by atoms with Crippen LogP contribution in [-0.2, 0) is 0 Å². The Morgan fingerprint density at radius 2 is 1.81 bits per heavy atom. The standard InChI is InChI=1S/C16H21FN2O2/c17-14-7-3-6-13(16(20)21)15(14)19-10-8-18(9-11-19)12-4-1-2-5-12/h3,6-7,12H,1-2,4-5,8-11H2,(H,20,21). The number of hydrogen-bond donors (Lipinski definition) is 1. The second-order valence-electron chi connectivity index (χ2n) is 5.90. The normalized spacial score (nSPS) is 20.9. The Kier molecular flexibility index (Phi) is 4.10. The molecule has 1 heterocycles. The molecule has 114 valence electrons. The molecule has 2 fully saturated rings. The van der Waals surface area contributed by atoms with Gasteiger partial charge in [0.05, 0.1) is 11.3 Å². The van der Waals surface area contributed by atoms with E-state index >= 15 is 0 Å². The monoisotopic (exact) mass is 292 g/mol. The number of rotatable bonds is 3. The van der Waals surface area contributed by atoms with Crippen molar-refractivity contribution in [2.75, 3.05) is 31.1 Å². The zero-order valence-corrected chi connectivity index (χ0v) is 12.1. The maximum Gasteiger partial charge on any atom is 0.337 e. The van der Waals surface area contributed by atoms with Crippen LogP contribution >= 0.6 is 0 Å². The average Bonchev–Trinajstić information content (AvgIpc) is 3.01. The number of carboxylic acid groups (broad SMARTS) is 1. The van der Waals surface area contributed by atoms with Crippen molar-refractivity contribution in [1.82, 2.24) is 4.90 Å². The van der Waals surface area contributed by atoms with Gasteiger partial charge in [-0.2, -0.15) is 0 Å². The van der Waals surface area contributed by atoms with Gasteiger partial charge in [0, 0.05) is 32.2 Å². The maximum atomic E-state index is 14.1. The highest BCUT2D eigenvalue weighted by Gasteiger charge is 2.28. The smallest absolute Gasteiger partial charge is 0.337 e. The number of hydrogen-bond acceptors (Lipinski definition) is 3. The van der Waals surface area contributed by atoms with Gasteiger partial charge in [-0.3, -0.25) is 4.90 Å². The van der Waals surface area contributed by atoms with Crippen LogP contribution in [0.15, 0.2) is 18.2 Å². The van der Waals surface area contributed by atoms with Crippen LogP contribution < -0.4 is 4.90 Å². The Balaban J connectivity index is 1.73. The molecule has 1 saturated heterocycles. The van der Waals surface area contributed by atoms with E-state index in [4.69, 9.17) is 0 Å². The average molecular weight is 292 g/mol.